The van der Waals surface area contributed by atoms with Crippen molar-refractivity contribution in [2.24, 2.45) is 0 Å². The normalized spacial score (nSPS) is 18.4. The number of alkyl halides is 1. The average Bonchev–Trinajstić information content (AvgIpc) is 2.87. The number of nitrogens with zero attached hydrogens (tertiary/aromatic N) is 1. The number of hydroxylamine groups is 2. The molecule has 1 aliphatic rings. The zero-order valence-corrected chi connectivity index (χ0v) is 8.42. The molecule has 68 valence electrons. The van der Waals surface area contributed by atoms with Gasteiger partial charge in [-0.2, -0.15) is 0 Å². The van der Waals surface area contributed by atoms with Gasteiger partial charge in [0, 0.05) is 5.33 Å². The molecule has 1 amide bonds. The van der Waals surface area contributed by atoms with Gasteiger partial charge >= 0.3 is 0 Å². The van der Waals surface area contributed by atoms with E-state index in [1.165, 1.54) is 5.06 Å². The third-order valence-electron chi connectivity index (χ3n) is 1.97. The largest absolute Gasteiger partial charge is 0.276 e. The molecule has 0 radical (unpaired) electrons. The van der Waals surface area contributed by atoms with Gasteiger partial charge in [0.05, 0.1) is 12.1 Å². The highest BCUT2D eigenvalue weighted by Crippen LogP contribution is 2.42. The van der Waals surface area contributed by atoms with Crippen molar-refractivity contribution in [2.75, 3.05) is 11.9 Å². The summed E-state index contributed by atoms with van der Waals surface area (Å²) in [5.74, 6) is 0. The van der Waals surface area contributed by atoms with E-state index in [4.69, 9.17) is 4.84 Å². The fraction of sp³-hybridized carbons (Fsp3) is 0.625. The van der Waals surface area contributed by atoms with E-state index in [9.17, 15) is 4.79 Å². The second-order valence-electron chi connectivity index (χ2n) is 2.87. The van der Waals surface area contributed by atoms with Crippen molar-refractivity contribution >= 4 is 22.3 Å². The van der Waals surface area contributed by atoms with Crippen LogP contribution in [0.4, 0.5) is 0 Å². The second kappa shape index (κ2) is 4.05. The zero-order valence-electron chi connectivity index (χ0n) is 6.83. The molecule has 0 spiro atoms. The first-order valence-electron chi connectivity index (χ1n) is 3.83. The van der Waals surface area contributed by atoms with Crippen LogP contribution in [0, 0.1) is 0 Å². The number of hydrogen-bond donors (Lipinski definition) is 0. The molecule has 1 fully saturated rings. The van der Waals surface area contributed by atoms with Gasteiger partial charge in [0.2, 0.25) is 6.41 Å². The van der Waals surface area contributed by atoms with Crippen LogP contribution in [0.2, 0.25) is 0 Å². The van der Waals surface area contributed by atoms with Crippen LogP contribution in [-0.2, 0) is 9.63 Å². The van der Waals surface area contributed by atoms with E-state index in [1.807, 2.05) is 0 Å². The maximum atomic E-state index is 10.6. The monoisotopic (exact) mass is 233 g/mol. The molecule has 3 nitrogen and oxygen atoms in total. The Balaban J connectivity index is 2.44. The van der Waals surface area contributed by atoms with Gasteiger partial charge in [-0.25, -0.2) is 5.06 Å². The van der Waals surface area contributed by atoms with E-state index in [2.05, 4.69) is 22.5 Å². The van der Waals surface area contributed by atoms with Gasteiger partial charge in [0.1, 0.15) is 0 Å². The Morgan fingerprint density at radius 1 is 1.67 bits per heavy atom. The number of amides is 1. The van der Waals surface area contributed by atoms with Crippen molar-refractivity contribution in [1.82, 2.24) is 5.06 Å². The summed E-state index contributed by atoms with van der Waals surface area (Å²) < 4.78 is 0. The Morgan fingerprint density at radius 3 is 2.67 bits per heavy atom. The molecule has 0 aromatic carbocycles. The van der Waals surface area contributed by atoms with Crippen LogP contribution in [0.5, 0.6) is 0 Å². The molecular weight excluding hydrogens is 222 g/mol. The van der Waals surface area contributed by atoms with Gasteiger partial charge < -0.3 is 0 Å². The van der Waals surface area contributed by atoms with Crippen LogP contribution in [0.3, 0.4) is 0 Å². The minimum atomic E-state index is -0.0786. The van der Waals surface area contributed by atoms with Crippen molar-refractivity contribution in [2.45, 2.75) is 18.4 Å². The molecule has 1 rings (SSSR count). The van der Waals surface area contributed by atoms with E-state index < -0.39 is 0 Å². The fourth-order valence-corrected chi connectivity index (χ4v) is 1.78. The summed E-state index contributed by atoms with van der Waals surface area (Å²) in [5, 5.41) is 2.17. The summed E-state index contributed by atoms with van der Waals surface area (Å²) in [6.07, 6.45) is 4.38. The van der Waals surface area contributed by atoms with Crippen LogP contribution in [0.25, 0.3) is 0 Å². The molecule has 4 heteroatoms. The SMILES string of the molecule is C=CCON(C=O)C1(CBr)CC1. The number of hydrogen-bond acceptors (Lipinski definition) is 2. The average molecular weight is 234 g/mol. The molecule has 0 saturated heterocycles. The lowest BCUT2D eigenvalue weighted by atomic mass is 10.3. The first-order valence-corrected chi connectivity index (χ1v) is 4.95. The predicted molar refractivity (Wildman–Crippen MR) is 49.8 cm³/mol. The Hall–Kier alpha value is -0.350. The van der Waals surface area contributed by atoms with Crippen LogP contribution < -0.4 is 0 Å². The summed E-state index contributed by atoms with van der Waals surface area (Å²) >= 11 is 3.36. The summed E-state index contributed by atoms with van der Waals surface area (Å²) in [5.41, 5.74) is -0.0786. The third kappa shape index (κ3) is 1.87. The topological polar surface area (TPSA) is 29.5 Å². The van der Waals surface area contributed by atoms with E-state index in [1.54, 1.807) is 6.08 Å². The third-order valence-corrected chi connectivity index (χ3v) is 3.01. The van der Waals surface area contributed by atoms with Crippen LogP contribution >= 0.6 is 15.9 Å². The highest BCUT2D eigenvalue weighted by molar-refractivity contribution is 9.09. The fourth-order valence-electron chi connectivity index (χ4n) is 0.969. The maximum absolute atomic E-state index is 10.6. The maximum Gasteiger partial charge on any atom is 0.233 e. The molecule has 0 bridgehead atoms. The summed E-state index contributed by atoms with van der Waals surface area (Å²) in [4.78, 5) is 15.8. The van der Waals surface area contributed by atoms with Crippen LogP contribution in [0.1, 0.15) is 12.8 Å². The lowest BCUT2D eigenvalue weighted by molar-refractivity contribution is -0.183. The first-order chi connectivity index (χ1) is 5.79. The lowest BCUT2D eigenvalue weighted by Crippen LogP contribution is -2.37. The molecule has 0 heterocycles. The van der Waals surface area contributed by atoms with E-state index >= 15 is 0 Å². The summed E-state index contributed by atoms with van der Waals surface area (Å²) in [6.45, 7) is 3.90. The van der Waals surface area contributed by atoms with Crippen LogP contribution in [0.15, 0.2) is 12.7 Å². The van der Waals surface area contributed by atoms with Crippen molar-refractivity contribution < 1.29 is 9.63 Å². The van der Waals surface area contributed by atoms with Crippen molar-refractivity contribution in [1.29, 1.82) is 0 Å². The van der Waals surface area contributed by atoms with Gasteiger partial charge in [0.25, 0.3) is 0 Å². The minimum Gasteiger partial charge on any atom is -0.276 e. The summed E-state index contributed by atoms with van der Waals surface area (Å²) in [6, 6.07) is 0. The minimum absolute atomic E-state index is 0.0786. The Bertz CT molecular complexity index is 180. The number of rotatable bonds is 6. The molecule has 0 aromatic heterocycles. The lowest BCUT2D eigenvalue weighted by Gasteiger charge is -2.24. The molecule has 0 unspecified atom stereocenters. The van der Waals surface area contributed by atoms with Crippen molar-refractivity contribution in [3.8, 4) is 0 Å². The van der Waals surface area contributed by atoms with Gasteiger partial charge in [-0.05, 0) is 12.8 Å². The Kier molecular flexibility index (Phi) is 3.29. The first kappa shape index (κ1) is 9.74. The summed E-state index contributed by atoms with van der Waals surface area (Å²) in [7, 11) is 0. The van der Waals surface area contributed by atoms with E-state index in [0.717, 1.165) is 24.6 Å². The Morgan fingerprint density at radius 2 is 2.33 bits per heavy atom. The second-order valence-corrected chi connectivity index (χ2v) is 3.43. The molecule has 0 aliphatic heterocycles. The molecule has 12 heavy (non-hydrogen) atoms. The van der Waals surface area contributed by atoms with E-state index in [-0.39, 0.29) is 5.54 Å². The molecule has 0 aromatic rings. The number of halogens is 1. The quantitative estimate of drug-likeness (QED) is 0.301. The standard InChI is InChI=1S/C8H12BrNO2/c1-2-5-12-10(7-11)8(6-9)3-4-8/h2,7H,1,3-6H2. The predicted octanol–water partition coefficient (Wildman–Crippen LogP) is 1.49. The van der Waals surface area contributed by atoms with Gasteiger partial charge in [-0.3, -0.25) is 9.63 Å². The van der Waals surface area contributed by atoms with Gasteiger partial charge in [0.15, 0.2) is 0 Å². The molecular formula is C8H12BrNO2. The Labute approximate surface area is 80.5 Å². The van der Waals surface area contributed by atoms with Crippen LogP contribution in [-0.4, -0.2) is 28.9 Å². The molecule has 1 saturated carbocycles. The smallest absolute Gasteiger partial charge is 0.233 e. The van der Waals surface area contributed by atoms with Crippen molar-refractivity contribution in [3.63, 3.8) is 0 Å². The molecule has 0 atom stereocenters. The number of carbonyl (C=O) groups is 1. The highest BCUT2D eigenvalue weighted by atomic mass is 79.9. The highest BCUT2D eigenvalue weighted by Gasteiger charge is 2.48. The molecule has 1 aliphatic carbocycles. The van der Waals surface area contributed by atoms with Gasteiger partial charge in [-0.15, -0.1) is 6.58 Å². The molecule has 0 N–H and O–H groups in total. The zero-order chi connectivity index (χ0) is 9.03. The van der Waals surface area contributed by atoms with Crippen molar-refractivity contribution in [3.05, 3.63) is 12.7 Å². The number of carbonyl (C=O) groups excluding carboxylic acids is 1. The van der Waals surface area contributed by atoms with E-state index in [0.29, 0.717) is 6.61 Å². The van der Waals surface area contributed by atoms with Gasteiger partial charge in [-0.1, -0.05) is 22.0 Å².